The zero-order chi connectivity index (χ0) is 13.0. The molecule has 0 aliphatic heterocycles. The topological polar surface area (TPSA) is 122 Å². The molecule has 0 aliphatic carbocycles. The van der Waals surface area contributed by atoms with Gasteiger partial charge in [-0.3, -0.25) is 0 Å². The fourth-order valence-electron chi connectivity index (χ4n) is 1.70. The number of aromatic amines is 1. The molecule has 2 aromatic heterocycles. The first-order valence-corrected chi connectivity index (χ1v) is 5.57. The van der Waals surface area contributed by atoms with Gasteiger partial charge in [-0.15, -0.1) is 0 Å². The third-order valence-electron chi connectivity index (χ3n) is 2.49. The highest BCUT2D eigenvalue weighted by Crippen LogP contribution is 2.18. The predicted octanol–water partition coefficient (Wildman–Crippen LogP) is -0.256. The van der Waals surface area contributed by atoms with Crippen LogP contribution in [0, 0.1) is 0 Å². The van der Waals surface area contributed by atoms with Gasteiger partial charge < -0.3 is 25.9 Å². The molecule has 98 valence electrons. The Kier molecular flexibility index (Phi) is 3.90. The van der Waals surface area contributed by atoms with Crippen molar-refractivity contribution in [3.8, 4) is 0 Å². The van der Waals surface area contributed by atoms with Gasteiger partial charge >= 0.3 is 0 Å². The minimum absolute atomic E-state index is 0.0548. The summed E-state index contributed by atoms with van der Waals surface area (Å²) in [6.07, 6.45) is 2.08. The van der Waals surface area contributed by atoms with E-state index in [2.05, 4.69) is 25.3 Å². The van der Waals surface area contributed by atoms with Crippen LogP contribution in [0.2, 0.25) is 0 Å². The molecule has 0 radical (unpaired) electrons. The molecule has 0 aromatic carbocycles. The Morgan fingerprint density at radius 3 is 3.11 bits per heavy atom. The highest BCUT2D eigenvalue weighted by Gasteiger charge is 2.13. The maximum absolute atomic E-state index is 9.00. The second-order valence-electron chi connectivity index (χ2n) is 3.84. The van der Waals surface area contributed by atoms with E-state index in [9.17, 15) is 0 Å². The number of nitrogens with zero attached hydrogens (tertiary/aromatic N) is 3. The summed E-state index contributed by atoms with van der Waals surface area (Å²) in [5.41, 5.74) is 6.80. The van der Waals surface area contributed by atoms with Crippen LogP contribution < -0.4 is 11.1 Å². The number of hydrogen-bond acceptors (Lipinski definition) is 7. The molecule has 8 heteroatoms. The van der Waals surface area contributed by atoms with Crippen molar-refractivity contribution in [3.05, 3.63) is 6.33 Å². The maximum Gasteiger partial charge on any atom is 0.224 e. The van der Waals surface area contributed by atoms with Gasteiger partial charge in [-0.05, 0) is 6.42 Å². The largest absolute Gasteiger partial charge is 0.396 e. The molecule has 8 nitrogen and oxygen atoms in total. The van der Waals surface area contributed by atoms with Crippen molar-refractivity contribution in [1.82, 2.24) is 19.9 Å². The highest BCUT2D eigenvalue weighted by molar-refractivity contribution is 5.83. The zero-order valence-corrected chi connectivity index (χ0v) is 10.1. The Bertz CT molecular complexity index is 508. The van der Waals surface area contributed by atoms with E-state index >= 15 is 0 Å². The van der Waals surface area contributed by atoms with Crippen LogP contribution in [0.3, 0.4) is 0 Å². The summed E-state index contributed by atoms with van der Waals surface area (Å²) in [6.45, 7) is 0.522. The van der Waals surface area contributed by atoms with Crippen molar-refractivity contribution in [2.24, 2.45) is 0 Å². The fraction of sp³-hybridized carbons (Fsp3) is 0.500. The lowest BCUT2D eigenvalue weighted by Crippen LogP contribution is -2.27. The average Bonchev–Trinajstić information content (AvgIpc) is 2.77. The van der Waals surface area contributed by atoms with Gasteiger partial charge in [-0.2, -0.15) is 9.97 Å². The lowest BCUT2D eigenvalue weighted by molar-refractivity contribution is 0.170. The summed E-state index contributed by atoms with van der Waals surface area (Å²) < 4.78 is 5.08. The molecule has 2 aromatic rings. The molecular formula is C10H16N6O2. The number of imidazole rings is 1. The van der Waals surface area contributed by atoms with Crippen LogP contribution in [-0.2, 0) is 4.74 Å². The molecule has 2 heterocycles. The van der Waals surface area contributed by atoms with E-state index in [4.69, 9.17) is 15.6 Å². The first-order chi connectivity index (χ1) is 8.74. The van der Waals surface area contributed by atoms with Gasteiger partial charge in [0, 0.05) is 13.7 Å². The van der Waals surface area contributed by atoms with E-state index in [1.165, 1.54) is 6.33 Å². The molecular weight excluding hydrogens is 236 g/mol. The summed E-state index contributed by atoms with van der Waals surface area (Å²) in [6, 6.07) is -0.0548. The van der Waals surface area contributed by atoms with E-state index in [0.717, 1.165) is 0 Å². The predicted molar refractivity (Wildman–Crippen MR) is 67.1 cm³/mol. The third kappa shape index (κ3) is 2.66. The SMILES string of the molecule is COCC(CCO)Nc1nc(N)nc2nc[nH]c12. The Labute approximate surface area is 104 Å². The van der Waals surface area contributed by atoms with Crippen molar-refractivity contribution in [2.45, 2.75) is 12.5 Å². The van der Waals surface area contributed by atoms with Crippen molar-refractivity contribution in [1.29, 1.82) is 0 Å². The van der Waals surface area contributed by atoms with Crippen LogP contribution in [0.5, 0.6) is 0 Å². The molecule has 0 spiro atoms. The molecule has 0 aliphatic rings. The van der Waals surface area contributed by atoms with Gasteiger partial charge in [-0.25, -0.2) is 4.98 Å². The van der Waals surface area contributed by atoms with Gasteiger partial charge in [0.2, 0.25) is 5.95 Å². The van der Waals surface area contributed by atoms with E-state index < -0.39 is 0 Å². The third-order valence-corrected chi connectivity index (χ3v) is 2.49. The highest BCUT2D eigenvalue weighted by atomic mass is 16.5. The number of nitrogen functional groups attached to an aromatic ring is 1. The van der Waals surface area contributed by atoms with Crippen LogP contribution in [0.1, 0.15) is 6.42 Å². The number of anilines is 2. The number of fused-ring (bicyclic) bond motifs is 1. The first-order valence-electron chi connectivity index (χ1n) is 5.57. The molecule has 18 heavy (non-hydrogen) atoms. The molecule has 0 bridgehead atoms. The summed E-state index contributed by atoms with van der Waals surface area (Å²) in [7, 11) is 1.60. The normalized spacial score (nSPS) is 12.8. The second-order valence-corrected chi connectivity index (χ2v) is 3.84. The number of ether oxygens (including phenoxy) is 1. The van der Waals surface area contributed by atoms with E-state index in [0.29, 0.717) is 30.0 Å². The van der Waals surface area contributed by atoms with Gasteiger partial charge in [0.05, 0.1) is 19.0 Å². The van der Waals surface area contributed by atoms with Gasteiger partial charge in [0.25, 0.3) is 0 Å². The zero-order valence-electron chi connectivity index (χ0n) is 10.1. The quantitative estimate of drug-likeness (QED) is 0.559. The minimum atomic E-state index is -0.0548. The number of nitrogens with two attached hydrogens (primary N) is 1. The fourth-order valence-corrected chi connectivity index (χ4v) is 1.70. The molecule has 1 unspecified atom stereocenters. The molecule has 1 atom stereocenters. The molecule has 2 rings (SSSR count). The minimum Gasteiger partial charge on any atom is -0.396 e. The number of rotatable bonds is 6. The second kappa shape index (κ2) is 5.61. The van der Waals surface area contributed by atoms with Crippen molar-refractivity contribution < 1.29 is 9.84 Å². The average molecular weight is 252 g/mol. The van der Waals surface area contributed by atoms with Gasteiger partial charge in [0.15, 0.2) is 11.5 Å². The standard InChI is InChI=1S/C10H16N6O2/c1-18-4-6(2-3-17)14-9-7-8(13-5-12-7)15-10(11)16-9/h5-6,17H,2-4H2,1H3,(H4,11,12,13,14,15,16). The lowest BCUT2D eigenvalue weighted by Gasteiger charge is -2.17. The Morgan fingerprint density at radius 2 is 2.39 bits per heavy atom. The van der Waals surface area contributed by atoms with Crippen LogP contribution in [0.4, 0.5) is 11.8 Å². The number of aliphatic hydroxyl groups is 1. The maximum atomic E-state index is 9.00. The van der Waals surface area contributed by atoms with Crippen LogP contribution in [-0.4, -0.2) is 51.4 Å². The van der Waals surface area contributed by atoms with Crippen molar-refractivity contribution in [2.75, 3.05) is 31.4 Å². The summed E-state index contributed by atoms with van der Waals surface area (Å²) >= 11 is 0. The lowest BCUT2D eigenvalue weighted by atomic mass is 10.2. The number of aliphatic hydroxyl groups excluding tert-OH is 1. The van der Waals surface area contributed by atoms with Gasteiger partial charge in [0.1, 0.15) is 5.52 Å². The van der Waals surface area contributed by atoms with Crippen LogP contribution in [0.15, 0.2) is 6.33 Å². The summed E-state index contributed by atoms with van der Waals surface area (Å²) in [5.74, 6) is 0.711. The number of aromatic nitrogens is 4. The van der Waals surface area contributed by atoms with Crippen LogP contribution in [0.25, 0.3) is 11.2 Å². The Morgan fingerprint density at radius 1 is 1.56 bits per heavy atom. The Balaban J connectivity index is 2.26. The monoisotopic (exact) mass is 252 g/mol. The molecule has 0 saturated heterocycles. The summed E-state index contributed by atoms with van der Waals surface area (Å²) in [5, 5.41) is 12.2. The molecule has 0 saturated carbocycles. The van der Waals surface area contributed by atoms with E-state index in [1.54, 1.807) is 7.11 Å². The smallest absolute Gasteiger partial charge is 0.224 e. The number of H-pyrrole nitrogens is 1. The van der Waals surface area contributed by atoms with E-state index in [1.807, 2.05) is 0 Å². The molecule has 0 fully saturated rings. The van der Waals surface area contributed by atoms with Crippen LogP contribution >= 0.6 is 0 Å². The number of hydrogen-bond donors (Lipinski definition) is 4. The van der Waals surface area contributed by atoms with Crippen molar-refractivity contribution >= 4 is 22.9 Å². The summed E-state index contributed by atoms with van der Waals surface area (Å²) in [4.78, 5) is 15.1. The molecule has 0 amide bonds. The number of nitrogens with one attached hydrogen (secondary N) is 2. The number of methoxy groups -OCH3 is 1. The van der Waals surface area contributed by atoms with Gasteiger partial charge in [-0.1, -0.05) is 0 Å². The van der Waals surface area contributed by atoms with Crippen molar-refractivity contribution in [3.63, 3.8) is 0 Å². The Hall–Kier alpha value is -1.93. The first kappa shape index (κ1) is 12.5. The molecule has 5 N–H and O–H groups in total. The van der Waals surface area contributed by atoms with E-state index in [-0.39, 0.29) is 18.6 Å².